The van der Waals surface area contributed by atoms with Gasteiger partial charge in [-0.05, 0) is 54.3 Å². The van der Waals surface area contributed by atoms with E-state index < -0.39 is 22.0 Å². The summed E-state index contributed by atoms with van der Waals surface area (Å²) < 4.78 is 45.0. The second-order valence-corrected chi connectivity index (χ2v) is 9.61. The summed E-state index contributed by atoms with van der Waals surface area (Å²) in [5, 5.41) is 2.83. The smallest absolute Gasteiger partial charge is 0.244 e. The van der Waals surface area contributed by atoms with Crippen molar-refractivity contribution in [3.63, 3.8) is 0 Å². The van der Waals surface area contributed by atoms with Crippen molar-refractivity contribution >= 4 is 15.9 Å². The van der Waals surface area contributed by atoms with Gasteiger partial charge in [-0.3, -0.25) is 4.79 Å². The van der Waals surface area contributed by atoms with Gasteiger partial charge in [0.05, 0.1) is 21.3 Å². The van der Waals surface area contributed by atoms with Crippen molar-refractivity contribution in [2.45, 2.75) is 30.8 Å². The van der Waals surface area contributed by atoms with Gasteiger partial charge in [0.15, 0.2) is 11.5 Å². The number of methoxy groups -OCH3 is 3. The average molecular weight is 499 g/mol. The topological polar surface area (TPSA) is 103 Å². The monoisotopic (exact) mass is 498 g/mol. The second-order valence-electron chi connectivity index (χ2n) is 7.93. The summed E-state index contributed by atoms with van der Waals surface area (Å²) in [6.45, 7) is 1.97. The molecule has 9 heteroatoms. The summed E-state index contributed by atoms with van der Waals surface area (Å²) >= 11 is 0. The summed E-state index contributed by atoms with van der Waals surface area (Å²) in [6, 6.07) is 18.3. The second kappa shape index (κ2) is 11.7. The van der Waals surface area contributed by atoms with E-state index in [0.29, 0.717) is 11.5 Å². The first-order valence-electron chi connectivity index (χ1n) is 11.0. The molecule has 0 aliphatic carbocycles. The van der Waals surface area contributed by atoms with Crippen LogP contribution in [-0.2, 0) is 27.8 Å². The number of sulfonamides is 1. The van der Waals surface area contributed by atoms with E-state index in [-0.39, 0.29) is 23.6 Å². The lowest BCUT2D eigenvalue weighted by atomic mass is 10.1. The van der Waals surface area contributed by atoms with Gasteiger partial charge in [-0.1, -0.05) is 42.5 Å². The number of benzene rings is 3. The molecule has 0 aliphatic heterocycles. The fourth-order valence-electron chi connectivity index (χ4n) is 3.59. The normalized spacial score (nSPS) is 12.0. The highest BCUT2D eigenvalue weighted by Gasteiger charge is 2.28. The van der Waals surface area contributed by atoms with Crippen molar-refractivity contribution in [2.24, 2.45) is 0 Å². The third kappa shape index (κ3) is 6.74. The van der Waals surface area contributed by atoms with E-state index in [2.05, 4.69) is 10.0 Å². The Kier molecular flexibility index (Phi) is 8.73. The van der Waals surface area contributed by atoms with Crippen LogP contribution in [0.25, 0.3) is 0 Å². The first-order chi connectivity index (χ1) is 16.8. The molecule has 0 bridgehead atoms. The van der Waals surface area contributed by atoms with Crippen LogP contribution in [0.2, 0.25) is 0 Å². The zero-order valence-corrected chi connectivity index (χ0v) is 21.0. The first-order valence-corrected chi connectivity index (χ1v) is 12.4. The van der Waals surface area contributed by atoms with Gasteiger partial charge in [-0.25, -0.2) is 8.42 Å². The quantitative estimate of drug-likeness (QED) is 0.421. The molecule has 35 heavy (non-hydrogen) atoms. The van der Waals surface area contributed by atoms with E-state index in [1.54, 1.807) is 44.4 Å². The number of ether oxygens (including phenoxy) is 3. The van der Waals surface area contributed by atoms with Gasteiger partial charge in [-0.15, -0.1) is 0 Å². The highest BCUT2D eigenvalue weighted by molar-refractivity contribution is 7.89. The summed E-state index contributed by atoms with van der Waals surface area (Å²) in [5.74, 6) is 0.850. The molecule has 0 saturated heterocycles. The molecule has 1 atom stereocenters. The molecule has 8 nitrogen and oxygen atoms in total. The molecule has 0 aliphatic rings. The van der Waals surface area contributed by atoms with Crippen molar-refractivity contribution in [2.75, 3.05) is 21.3 Å². The SMILES string of the molecule is COc1ccc(CNC(=O)C(Cc2ccccc2)NS(=O)(=O)c2cc(C)ccc2OC)cc1OC. The molecule has 1 amide bonds. The molecule has 3 rings (SSSR count). The fourth-order valence-corrected chi connectivity index (χ4v) is 5.03. The van der Waals surface area contributed by atoms with E-state index in [4.69, 9.17) is 14.2 Å². The predicted molar refractivity (Wildman–Crippen MR) is 133 cm³/mol. The standard InChI is InChI=1S/C26H30N2O6S/c1-18-10-12-23(33-3)25(14-18)35(30,31)28-21(15-19-8-6-5-7-9-19)26(29)27-17-20-11-13-22(32-2)24(16-20)34-4/h5-14,16,21,28H,15,17H2,1-4H3,(H,27,29). The van der Waals surface area contributed by atoms with Crippen LogP contribution in [0.3, 0.4) is 0 Å². The van der Waals surface area contributed by atoms with Crippen LogP contribution >= 0.6 is 0 Å². The van der Waals surface area contributed by atoms with Gasteiger partial charge in [0.1, 0.15) is 16.7 Å². The predicted octanol–water partition coefficient (Wildman–Crippen LogP) is 3.23. The number of amides is 1. The van der Waals surface area contributed by atoms with Crippen LogP contribution in [0.5, 0.6) is 17.2 Å². The van der Waals surface area contributed by atoms with Crippen molar-refractivity contribution < 1.29 is 27.4 Å². The summed E-state index contributed by atoms with van der Waals surface area (Å²) in [5.41, 5.74) is 2.35. The van der Waals surface area contributed by atoms with Gasteiger partial charge in [0.25, 0.3) is 0 Å². The highest BCUT2D eigenvalue weighted by Crippen LogP contribution is 2.28. The average Bonchev–Trinajstić information content (AvgIpc) is 2.87. The number of nitrogens with one attached hydrogen (secondary N) is 2. The lowest BCUT2D eigenvalue weighted by Crippen LogP contribution is -2.47. The van der Waals surface area contributed by atoms with Gasteiger partial charge < -0.3 is 19.5 Å². The zero-order valence-electron chi connectivity index (χ0n) is 20.2. The van der Waals surface area contributed by atoms with E-state index in [1.807, 2.05) is 30.3 Å². The maximum Gasteiger partial charge on any atom is 0.244 e. The van der Waals surface area contributed by atoms with Gasteiger partial charge in [0, 0.05) is 6.54 Å². The molecule has 2 N–H and O–H groups in total. The summed E-state index contributed by atoms with van der Waals surface area (Å²) in [7, 11) is 0.416. The highest BCUT2D eigenvalue weighted by atomic mass is 32.2. The molecule has 186 valence electrons. The van der Waals surface area contributed by atoms with Crippen LogP contribution in [0.1, 0.15) is 16.7 Å². The number of carbonyl (C=O) groups is 1. The number of aryl methyl sites for hydroxylation is 1. The lowest BCUT2D eigenvalue weighted by molar-refractivity contribution is -0.122. The molecule has 0 heterocycles. The Morgan fingerprint density at radius 2 is 1.49 bits per heavy atom. The van der Waals surface area contributed by atoms with E-state index in [0.717, 1.165) is 16.7 Å². The van der Waals surface area contributed by atoms with E-state index >= 15 is 0 Å². The maximum absolute atomic E-state index is 13.3. The lowest BCUT2D eigenvalue weighted by Gasteiger charge is -2.20. The molecule has 3 aromatic rings. The Balaban J connectivity index is 1.84. The van der Waals surface area contributed by atoms with Gasteiger partial charge in [-0.2, -0.15) is 4.72 Å². The number of carbonyl (C=O) groups excluding carboxylic acids is 1. The Morgan fingerprint density at radius 1 is 0.829 bits per heavy atom. The minimum Gasteiger partial charge on any atom is -0.495 e. The minimum atomic E-state index is -4.06. The fraction of sp³-hybridized carbons (Fsp3) is 0.269. The van der Waals surface area contributed by atoms with Crippen molar-refractivity contribution in [3.8, 4) is 17.2 Å². The van der Waals surface area contributed by atoms with E-state index in [1.165, 1.54) is 20.3 Å². The molecule has 0 fully saturated rings. The van der Waals surface area contributed by atoms with E-state index in [9.17, 15) is 13.2 Å². The minimum absolute atomic E-state index is 0.0225. The Bertz CT molecular complexity index is 1260. The van der Waals surface area contributed by atoms with Crippen LogP contribution in [0, 0.1) is 6.92 Å². The number of hydrogen-bond acceptors (Lipinski definition) is 6. The summed E-state index contributed by atoms with van der Waals surface area (Å²) in [6.07, 6.45) is 0.173. The van der Waals surface area contributed by atoms with Crippen LogP contribution in [0.15, 0.2) is 71.6 Å². The maximum atomic E-state index is 13.3. The number of hydrogen-bond donors (Lipinski definition) is 2. The molecule has 0 saturated carbocycles. The Labute approximate surface area is 206 Å². The van der Waals surface area contributed by atoms with Crippen LogP contribution < -0.4 is 24.2 Å². The molecule has 0 aromatic heterocycles. The van der Waals surface area contributed by atoms with Crippen LogP contribution in [0.4, 0.5) is 0 Å². The number of rotatable bonds is 11. The zero-order chi connectivity index (χ0) is 25.4. The molecular weight excluding hydrogens is 468 g/mol. The first kappa shape index (κ1) is 26.1. The third-order valence-corrected chi connectivity index (χ3v) is 6.91. The molecule has 1 unspecified atom stereocenters. The molecule has 3 aromatic carbocycles. The Morgan fingerprint density at radius 3 is 2.14 bits per heavy atom. The third-order valence-electron chi connectivity index (χ3n) is 5.42. The molecule has 0 radical (unpaired) electrons. The summed E-state index contributed by atoms with van der Waals surface area (Å²) in [4.78, 5) is 13.2. The van der Waals surface area contributed by atoms with Gasteiger partial charge in [0.2, 0.25) is 15.9 Å². The Hall–Kier alpha value is -3.56. The van der Waals surface area contributed by atoms with Crippen molar-refractivity contribution in [1.82, 2.24) is 10.0 Å². The van der Waals surface area contributed by atoms with Gasteiger partial charge >= 0.3 is 0 Å². The van der Waals surface area contributed by atoms with Crippen molar-refractivity contribution in [1.29, 1.82) is 0 Å². The largest absolute Gasteiger partial charge is 0.495 e. The molecule has 0 spiro atoms. The van der Waals surface area contributed by atoms with Crippen molar-refractivity contribution in [3.05, 3.63) is 83.4 Å². The van der Waals surface area contributed by atoms with Crippen LogP contribution in [-0.4, -0.2) is 41.7 Å². The molecular formula is C26H30N2O6S.